The van der Waals surface area contributed by atoms with E-state index in [2.05, 4.69) is 20.8 Å². The average molecular weight is 322 g/mol. The summed E-state index contributed by atoms with van der Waals surface area (Å²) in [5.41, 5.74) is -1.77. The van der Waals surface area contributed by atoms with E-state index in [0.717, 1.165) is 44.9 Å². The van der Waals surface area contributed by atoms with Gasteiger partial charge in [-0.15, -0.1) is 0 Å². The van der Waals surface area contributed by atoms with Crippen molar-refractivity contribution < 1.29 is 13.2 Å². The van der Waals surface area contributed by atoms with Crippen molar-refractivity contribution in [2.75, 3.05) is 0 Å². The van der Waals surface area contributed by atoms with Gasteiger partial charge in [0.05, 0.1) is 5.41 Å². The minimum Gasteiger partial charge on any atom is -0.171 e. The molecule has 22 heavy (non-hydrogen) atoms. The van der Waals surface area contributed by atoms with E-state index in [0.29, 0.717) is 0 Å². The van der Waals surface area contributed by atoms with Crippen LogP contribution in [0.15, 0.2) is 0 Å². The first kappa shape index (κ1) is 21.8. The maximum Gasteiger partial charge on any atom is 0.393 e. The number of halogens is 3. The Morgan fingerprint density at radius 1 is 0.636 bits per heavy atom. The fraction of sp³-hybridized carbons (Fsp3) is 1.00. The Balaban J connectivity index is 4.64. The van der Waals surface area contributed by atoms with Gasteiger partial charge in [-0.1, -0.05) is 86.0 Å². The van der Waals surface area contributed by atoms with Crippen LogP contribution in [0.3, 0.4) is 0 Å². The molecule has 0 aromatic heterocycles. The van der Waals surface area contributed by atoms with Crippen molar-refractivity contribution in [2.45, 2.75) is 111 Å². The lowest BCUT2D eigenvalue weighted by Crippen LogP contribution is -2.37. The molecule has 3 heteroatoms. The number of rotatable bonds is 12. The third-order valence-electron chi connectivity index (χ3n) is 4.90. The normalized spacial score (nSPS) is 15.8. The fourth-order valence-corrected chi connectivity index (χ4v) is 3.43. The zero-order valence-corrected chi connectivity index (χ0v) is 15.4. The van der Waals surface area contributed by atoms with Crippen molar-refractivity contribution in [3.05, 3.63) is 0 Å². The second-order valence-corrected chi connectivity index (χ2v) is 7.99. The highest BCUT2D eigenvalue weighted by Crippen LogP contribution is 2.49. The molecule has 0 heterocycles. The maximum atomic E-state index is 13.2. The number of hydrogen-bond acceptors (Lipinski definition) is 0. The highest BCUT2D eigenvalue weighted by atomic mass is 19.4. The van der Waals surface area contributed by atoms with E-state index in [9.17, 15) is 13.2 Å². The van der Waals surface area contributed by atoms with Crippen LogP contribution in [0.1, 0.15) is 105 Å². The third-order valence-corrected chi connectivity index (χ3v) is 4.90. The van der Waals surface area contributed by atoms with Crippen molar-refractivity contribution in [1.29, 1.82) is 0 Å². The Kier molecular flexibility index (Phi) is 9.73. The monoisotopic (exact) mass is 322 g/mol. The minimum atomic E-state index is -4.11. The molecule has 0 fully saturated rings. The third kappa shape index (κ3) is 8.43. The molecule has 0 N–H and O–H groups in total. The van der Waals surface area contributed by atoms with Crippen LogP contribution in [-0.2, 0) is 0 Å². The molecular formula is C19H37F3. The lowest BCUT2D eigenvalue weighted by Gasteiger charge is -2.39. The quantitative estimate of drug-likeness (QED) is 0.320. The summed E-state index contributed by atoms with van der Waals surface area (Å²) >= 11 is 0. The molecule has 0 bridgehead atoms. The molecular weight excluding hydrogens is 285 g/mol. The second-order valence-electron chi connectivity index (χ2n) is 7.99. The summed E-state index contributed by atoms with van der Waals surface area (Å²) in [4.78, 5) is 0. The van der Waals surface area contributed by atoms with E-state index >= 15 is 0 Å². The topological polar surface area (TPSA) is 0 Å². The molecule has 0 spiro atoms. The summed E-state index contributed by atoms with van der Waals surface area (Å²) in [6, 6.07) is 0. The Morgan fingerprint density at radius 3 is 1.50 bits per heavy atom. The van der Waals surface area contributed by atoms with Crippen LogP contribution in [0.2, 0.25) is 0 Å². The Morgan fingerprint density at radius 2 is 1.05 bits per heavy atom. The van der Waals surface area contributed by atoms with Gasteiger partial charge in [0.15, 0.2) is 0 Å². The van der Waals surface area contributed by atoms with E-state index in [-0.39, 0.29) is 11.8 Å². The molecule has 0 saturated carbocycles. The van der Waals surface area contributed by atoms with Crippen molar-refractivity contribution >= 4 is 0 Å². The first-order valence-corrected chi connectivity index (χ1v) is 9.15. The number of alkyl halides is 3. The zero-order valence-electron chi connectivity index (χ0n) is 15.4. The van der Waals surface area contributed by atoms with E-state index in [1.54, 1.807) is 0 Å². The molecule has 1 unspecified atom stereocenters. The Labute approximate surface area is 136 Å². The molecule has 0 nitrogen and oxygen atoms in total. The van der Waals surface area contributed by atoms with Gasteiger partial charge in [0, 0.05) is 0 Å². The smallest absolute Gasteiger partial charge is 0.171 e. The van der Waals surface area contributed by atoms with E-state index in [1.165, 1.54) is 33.1 Å². The summed E-state index contributed by atoms with van der Waals surface area (Å²) in [5.74, 6) is 0. The highest BCUT2D eigenvalue weighted by molar-refractivity contribution is 4.87. The van der Waals surface area contributed by atoms with Crippen LogP contribution in [0.25, 0.3) is 0 Å². The van der Waals surface area contributed by atoms with Gasteiger partial charge in [-0.3, -0.25) is 0 Å². The molecule has 0 aromatic rings. The molecule has 0 rings (SSSR count). The molecule has 0 radical (unpaired) electrons. The molecule has 0 aliphatic rings. The highest BCUT2D eigenvalue weighted by Gasteiger charge is 2.50. The van der Waals surface area contributed by atoms with Gasteiger partial charge in [0.25, 0.3) is 0 Å². The second kappa shape index (κ2) is 9.82. The van der Waals surface area contributed by atoms with Crippen LogP contribution in [0, 0.1) is 10.8 Å². The maximum absolute atomic E-state index is 13.2. The summed E-state index contributed by atoms with van der Waals surface area (Å²) < 4.78 is 39.7. The number of hydrogen-bond donors (Lipinski definition) is 0. The summed E-state index contributed by atoms with van der Waals surface area (Å²) in [7, 11) is 0. The van der Waals surface area contributed by atoms with E-state index in [1.807, 2.05) is 0 Å². The Bertz CT molecular complexity index is 281. The average Bonchev–Trinajstić information content (AvgIpc) is 2.37. The van der Waals surface area contributed by atoms with Gasteiger partial charge in [0.2, 0.25) is 0 Å². The standard InChI is InChI=1S/C19H37F3/c1-6-8-10-11-13-15-18(5,14-12-9-7-2)16-17(3,4)19(20,21)22/h6-16H2,1-5H3. The summed E-state index contributed by atoms with van der Waals surface area (Å²) in [6.07, 6.45) is 7.17. The van der Waals surface area contributed by atoms with Gasteiger partial charge in [-0.2, -0.15) is 13.2 Å². The van der Waals surface area contributed by atoms with Crippen LogP contribution >= 0.6 is 0 Å². The SMILES string of the molecule is CCCCCCCC(C)(CCCCC)CC(C)(C)C(F)(F)F. The van der Waals surface area contributed by atoms with Gasteiger partial charge < -0.3 is 0 Å². The molecule has 134 valence electrons. The lowest BCUT2D eigenvalue weighted by molar-refractivity contribution is -0.222. The predicted octanol–water partition coefficient (Wildman–Crippen LogP) is 7.91. The van der Waals surface area contributed by atoms with Crippen molar-refractivity contribution in [2.24, 2.45) is 10.8 Å². The first-order valence-electron chi connectivity index (χ1n) is 9.15. The minimum absolute atomic E-state index is 0.180. The molecule has 0 saturated heterocycles. The summed E-state index contributed by atoms with van der Waals surface area (Å²) in [6.45, 7) is 9.13. The molecule has 0 aliphatic heterocycles. The molecule has 1 atom stereocenters. The van der Waals surface area contributed by atoms with Crippen molar-refractivity contribution in [3.8, 4) is 0 Å². The van der Waals surface area contributed by atoms with E-state index < -0.39 is 11.6 Å². The largest absolute Gasteiger partial charge is 0.393 e. The Hall–Kier alpha value is -0.210. The molecule has 0 aromatic carbocycles. The summed E-state index contributed by atoms with van der Waals surface area (Å²) in [5, 5.41) is 0. The van der Waals surface area contributed by atoms with Gasteiger partial charge in [-0.05, 0) is 24.7 Å². The van der Waals surface area contributed by atoms with Crippen molar-refractivity contribution in [1.82, 2.24) is 0 Å². The van der Waals surface area contributed by atoms with Crippen LogP contribution < -0.4 is 0 Å². The van der Waals surface area contributed by atoms with Crippen LogP contribution in [0.5, 0.6) is 0 Å². The van der Waals surface area contributed by atoms with Gasteiger partial charge >= 0.3 is 6.18 Å². The first-order chi connectivity index (χ1) is 10.1. The van der Waals surface area contributed by atoms with Gasteiger partial charge in [-0.25, -0.2) is 0 Å². The lowest BCUT2D eigenvalue weighted by atomic mass is 9.68. The van der Waals surface area contributed by atoms with Crippen LogP contribution in [-0.4, -0.2) is 6.18 Å². The fourth-order valence-electron chi connectivity index (χ4n) is 3.43. The van der Waals surface area contributed by atoms with Gasteiger partial charge in [0.1, 0.15) is 0 Å². The predicted molar refractivity (Wildman–Crippen MR) is 90.1 cm³/mol. The van der Waals surface area contributed by atoms with Crippen LogP contribution in [0.4, 0.5) is 13.2 Å². The molecule has 0 aliphatic carbocycles. The van der Waals surface area contributed by atoms with E-state index in [4.69, 9.17) is 0 Å². The van der Waals surface area contributed by atoms with Crippen molar-refractivity contribution in [3.63, 3.8) is 0 Å². The zero-order chi connectivity index (χ0) is 17.3. The number of unbranched alkanes of at least 4 members (excludes halogenated alkanes) is 6. The molecule has 0 amide bonds.